The Kier molecular flexibility index (Phi) is 7.10. The van der Waals surface area contributed by atoms with E-state index in [-0.39, 0.29) is 6.61 Å². The first-order chi connectivity index (χ1) is 9.10. The molecule has 0 aliphatic rings. The van der Waals surface area contributed by atoms with Gasteiger partial charge in [-0.1, -0.05) is 80.0 Å². The van der Waals surface area contributed by atoms with Crippen LogP contribution in [0.5, 0.6) is 0 Å². The highest BCUT2D eigenvalue weighted by atomic mass is 28.3. The summed E-state index contributed by atoms with van der Waals surface area (Å²) in [6.07, 6.45) is 6.93. The molecule has 1 N–H and O–H groups in total. The number of hydrogen-bond donors (Lipinski definition) is 1. The SMILES string of the molecule is CCCC/C=C(\CCO)[Si](C)(C)Cc1ccccc1. The third-order valence-electron chi connectivity index (χ3n) is 3.69. The van der Waals surface area contributed by atoms with Crippen molar-refractivity contribution in [3.05, 3.63) is 47.2 Å². The number of rotatable bonds is 8. The van der Waals surface area contributed by atoms with E-state index in [4.69, 9.17) is 0 Å². The molecule has 1 nitrogen and oxygen atoms in total. The summed E-state index contributed by atoms with van der Waals surface area (Å²) in [6.45, 7) is 7.36. The van der Waals surface area contributed by atoms with Crippen LogP contribution in [0.15, 0.2) is 41.6 Å². The second-order valence-electron chi connectivity index (χ2n) is 5.89. The molecule has 0 atom stereocenters. The van der Waals surface area contributed by atoms with Gasteiger partial charge >= 0.3 is 0 Å². The monoisotopic (exact) mass is 276 g/mol. The molecule has 0 aliphatic heterocycles. The number of aliphatic hydroxyl groups excluding tert-OH is 1. The summed E-state index contributed by atoms with van der Waals surface area (Å²) in [6, 6.07) is 11.9. The first kappa shape index (κ1) is 16.2. The number of allylic oxidation sites excluding steroid dienone is 1. The number of unbranched alkanes of at least 4 members (excludes halogenated alkanes) is 2. The van der Waals surface area contributed by atoms with Crippen LogP contribution in [0.1, 0.15) is 38.2 Å². The molecule has 0 saturated carbocycles. The molecule has 0 amide bonds. The van der Waals surface area contributed by atoms with Crippen LogP contribution in [0.3, 0.4) is 0 Å². The van der Waals surface area contributed by atoms with E-state index >= 15 is 0 Å². The van der Waals surface area contributed by atoms with E-state index in [0.717, 1.165) is 12.8 Å². The van der Waals surface area contributed by atoms with Crippen LogP contribution in [0.2, 0.25) is 13.1 Å². The van der Waals surface area contributed by atoms with Crippen LogP contribution in [-0.4, -0.2) is 19.8 Å². The quantitative estimate of drug-likeness (QED) is 0.547. The average molecular weight is 276 g/mol. The maximum Gasteiger partial charge on any atom is 0.0794 e. The van der Waals surface area contributed by atoms with Gasteiger partial charge in [-0.05, 0) is 18.9 Å². The Morgan fingerprint density at radius 3 is 2.47 bits per heavy atom. The Morgan fingerprint density at radius 2 is 1.89 bits per heavy atom. The van der Waals surface area contributed by atoms with Gasteiger partial charge in [0.25, 0.3) is 0 Å². The van der Waals surface area contributed by atoms with E-state index in [0.29, 0.717) is 0 Å². The highest BCUT2D eigenvalue weighted by Gasteiger charge is 2.25. The smallest absolute Gasteiger partial charge is 0.0794 e. The summed E-state index contributed by atoms with van der Waals surface area (Å²) in [7, 11) is -1.44. The standard InChI is InChI=1S/C17H28OSi/c1-4-5-7-12-17(13-14-18)19(2,3)15-16-10-8-6-9-11-16/h6,8-12,18H,4-5,7,13-15H2,1-3H3/b17-12+. The summed E-state index contributed by atoms with van der Waals surface area (Å²) >= 11 is 0. The zero-order valence-corrected chi connectivity index (χ0v) is 13.7. The van der Waals surface area contributed by atoms with Crippen LogP contribution in [0, 0.1) is 0 Å². The van der Waals surface area contributed by atoms with Crippen LogP contribution in [0.25, 0.3) is 0 Å². The van der Waals surface area contributed by atoms with Gasteiger partial charge < -0.3 is 5.11 Å². The Bertz CT molecular complexity index is 382. The van der Waals surface area contributed by atoms with Crippen molar-refractivity contribution in [3.8, 4) is 0 Å². The minimum absolute atomic E-state index is 0.281. The summed E-state index contributed by atoms with van der Waals surface area (Å²) < 4.78 is 0. The molecule has 0 fully saturated rings. The minimum Gasteiger partial charge on any atom is -0.396 e. The second-order valence-corrected chi connectivity index (χ2v) is 10.7. The highest BCUT2D eigenvalue weighted by molar-refractivity contribution is 6.83. The van der Waals surface area contributed by atoms with Crippen LogP contribution < -0.4 is 0 Å². The predicted molar refractivity (Wildman–Crippen MR) is 86.9 cm³/mol. The van der Waals surface area contributed by atoms with Gasteiger partial charge in [-0.2, -0.15) is 0 Å². The lowest BCUT2D eigenvalue weighted by atomic mass is 10.2. The lowest BCUT2D eigenvalue weighted by Gasteiger charge is -2.26. The maximum atomic E-state index is 9.30. The van der Waals surface area contributed by atoms with Crippen molar-refractivity contribution in [2.45, 2.75) is 51.7 Å². The van der Waals surface area contributed by atoms with Gasteiger partial charge in [-0.3, -0.25) is 0 Å². The number of aliphatic hydroxyl groups is 1. The molecule has 0 heterocycles. The summed E-state index contributed by atoms with van der Waals surface area (Å²) in [5.74, 6) is 0. The van der Waals surface area contributed by atoms with Gasteiger partial charge in [-0.25, -0.2) is 0 Å². The zero-order valence-electron chi connectivity index (χ0n) is 12.7. The molecule has 106 valence electrons. The number of benzene rings is 1. The van der Waals surface area contributed by atoms with E-state index in [1.807, 2.05) is 0 Å². The fourth-order valence-electron chi connectivity index (χ4n) is 2.54. The van der Waals surface area contributed by atoms with Gasteiger partial charge in [0, 0.05) is 6.61 Å². The van der Waals surface area contributed by atoms with Gasteiger partial charge in [-0.15, -0.1) is 0 Å². The molecular formula is C17H28OSi. The van der Waals surface area contributed by atoms with Crippen molar-refractivity contribution in [2.75, 3.05) is 6.61 Å². The van der Waals surface area contributed by atoms with E-state index < -0.39 is 8.07 Å². The number of hydrogen-bond acceptors (Lipinski definition) is 1. The third-order valence-corrected chi connectivity index (χ3v) is 7.17. The maximum absolute atomic E-state index is 9.30. The molecule has 19 heavy (non-hydrogen) atoms. The van der Waals surface area contributed by atoms with Gasteiger partial charge in [0.2, 0.25) is 0 Å². The average Bonchev–Trinajstić information content (AvgIpc) is 2.38. The molecule has 2 heteroatoms. The first-order valence-corrected chi connectivity index (χ1v) is 10.6. The fraction of sp³-hybridized carbons (Fsp3) is 0.529. The minimum atomic E-state index is -1.44. The molecule has 0 bridgehead atoms. The molecule has 0 aromatic heterocycles. The molecule has 0 aliphatic carbocycles. The van der Waals surface area contributed by atoms with Gasteiger partial charge in [0.15, 0.2) is 0 Å². The third kappa shape index (κ3) is 5.75. The molecule has 1 aromatic rings. The van der Waals surface area contributed by atoms with Gasteiger partial charge in [0.1, 0.15) is 0 Å². The summed E-state index contributed by atoms with van der Waals surface area (Å²) in [5.41, 5.74) is 1.43. The van der Waals surface area contributed by atoms with Crippen molar-refractivity contribution in [2.24, 2.45) is 0 Å². The normalized spacial score (nSPS) is 12.7. The van der Waals surface area contributed by atoms with Crippen LogP contribution in [0.4, 0.5) is 0 Å². The van der Waals surface area contributed by atoms with E-state index in [1.165, 1.54) is 29.6 Å². The second kappa shape index (κ2) is 8.34. The predicted octanol–water partition coefficient (Wildman–Crippen LogP) is 4.51. The Morgan fingerprint density at radius 1 is 1.21 bits per heavy atom. The fourth-order valence-corrected chi connectivity index (χ4v) is 5.51. The molecule has 1 aromatic carbocycles. The Labute approximate surface area is 119 Å². The van der Waals surface area contributed by atoms with Crippen molar-refractivity contribution >= 4 is 8.07 Å². The molecule has 0 saturated heterocycles. The van der Waals surface area contributed by atoms with E-state index in [2.05, 4.69) is 56.4 Å². The van der Waals surface area contributed by atoms with Crippen LogP contribution in [-0.2, 0) is 6.04 Å². The largest absolute Gasteiger partial charge is 0.396 e. The molecule has 0 unspecified atom stereocenters. The van der Waals surface area contributed by atoms with Crippen molar-refractivity contribution < 1.29 is 5.11 Å². The zero-order chi connectivity index (χ0) is 14.1. The van der Waals surface area contributed by atoms with Crippen LogP contribution >= 0.6 is 0 Å². The first-order valence-electron chi connectivity index (χ1n) is 7.44. The molecule has 0 spiro atoms. The summed E-state index contributed by atoms with van der Waals surface area (Å²) in [5, 5.41) is 10.8. The van der Waals surface area contributed by atoms with E-state index in [1.54, 1.807) is 0 Å². The lowest BCUT2D eigenvalue weighted by molar-refractivity contribution is 0.301. The van der Waals surface area contributed by atoms with E-state index in [9.17, 15) is 5.11 Å². The van der Waals surface area contributed by atoms with Gasteiger partial charge in [0.05, 0.1) is 8.07 Å². The Balaban J connectivity index is 2.77. The molecular weight excluding hydrogens is 248 g/mol. The van der Waals surface area contributed by atoms with Crippen molar-refractivity contribution in [1.82, 2.24) is 0 Å². The molecule has 0 radical (unpaired) electrons. The lowest BCUT2D eigenvalue weighted by Crippen LogP contribution is -2.33. The molecule has 1 rings (SSSR count). The Hall–Kier alpha value is -0.863. The van der Waals surface area contributed by atoms with Crippen molar-refractivity contribution in [1.29, 1.82) is 0 Å². The highest BCUT2D eigenvalue weighted by Crippen LogP contribution is 2.23. The topological polar surface area (TPSA) is 20.2 Å². The summed E-state index contributed by atoms with van der Waals surface area (Å²) in [4.78, 5) is 0. The van der Waals surface area contributed by atoms with Crippen molar-refractivity contribution in [3.63, 3.8) is 0 Å².